The smallest absolute Gasteiger partial charge is 0.411 e. The molecular weight excluding hydrogens is 648 g/mol. The molecule has 0 fully saturated rings. The van der Waals surface area contributed by atoms with Crippen molar-refractivity contribution in [2.75, 3.05) is 10.6 Å². The molecule has 0 atom stereocenters. The van der Waals surface area contributed by atoms with E-state index in [0.717, 1.165) is 24.3 Å². The summed E-state index contributed by atoms with van der Waals surface area (Å²) >= 11 is 0. The normalized spacial score (nSPS) is 9.28. The molecule has 2 amide bonds. The molecule has 0 heterocycles. The summed E-state index contributed by atoms with van der Waals surface area (Å²) in [5.41, 5.74) is -0.394. The van der Waals surface area contributed by atoms with Crippen molar-refractivity contribution < 1.29 is 58.3 Å². The van der Waals surface area contributed by atoms with E-state index in [4.69, 9.17) is 9.47 Å². The molecule has 0 radical (unpaired) electrons. The quantitative estimate of drug-likeness (QED) is 0.111. The number of amides is 2. The Morgan fingerprint density at radius 1 is 0.511 bits per heavy atom. The Kier molecular flexibility index (Phi) is 17.1. The van der Waals surface area contributed by atoms with Crippen LogP contribution in [-0.2, 0) is 21.7 Å². The topological polar surface area (TPSA) is 76.7 Å². The summed E-state index contributed by atoms with van der Waals surface area (Å²) in [5, 5.41) is 4.30. The van der Waals surface area contributed by atoms with Crippen LogP contribution < -0.4 is 20.1 Å². The Morgan fingerprint density at radius 2 is 0.851 bits per heavy atom. The fraction of sp³-hybridized carbons (Fsp3) is 0. The van der Waals surface area contributed by atoms with Crippen LogP contribution in [0.25, 0.3) is 0 Å². The van der Waals surface area contributed by atoms with Crippen LogP contribution in [0.3, 0.4) is 0 Å². The summed E-state index contributed by atoms with van der Waals surface area (Å²) in [6.45, 7) is 0. The molecule has 0 aliphatic carbocycles. The monoisotopic (exact) mass is 674 g/mol. The van der Waals surface area contributed by atoms with Crippen LogP contribution in [0.4, 0.5) is 38.5 Å². The van der Waals surface area contributed by atoms with Gasteiger partial charge >= 0.3 is 33.9 Å². The number of nitrogens with one attached hydrogen (secondary N) is 2. The zero-order chi connectivity index (χ0) is 33.0. The van der Waals surface area contributed by atoms with Crippen molar-refractivity contribution in [3.8, 4) is 11.5 Å². The third-order valence-corrected chi connectivity index (χ3v) is 5.22. The fourth-order valence-electron chi connectivity index (χ4n) is 3.18. The van der Waals surface area contributed by atoms with E-state index in [2.05, 4.69) is 10.6 Å². The van der Waals surface area contributed by atoms with Gasteiger partial charge in [0.15, 0.2) is 0 Å². The number of hydrogen-bond acceptors (Lipinski definition) is 4. The van der Waals surface area contributed by atoms with Gasteiger partial charge < -0.3 is 20.1 Å². The van der Waals surface area contributed by atoms with Crippen LogP contribution >= 0.6 is 0 Å². The minimum atomic E-state index is -0.986. The van der Waals surface area contributed by atoms with Crippen molar-refractivity contribution in [2.45, 2.75) is 0 Å². The Morgan fingerprint density at radius 3 is 1.13 bits per heavy atom. The van der Waals surface area contributed by atoms with Gasteiger partial charge in [-0.25, -0.2) is 51.4 Å². The summed E-state index contributed by atoms with van der Waals surface area (Å²) in [6, 6.07) is 44.4. The van der Waals surface area contributed by atoms with E-state index in [1.807, 2.05) is 60.7 Å². The first-order chi connectivity index (χ1) is 22.3. The van der Waals surface area contributed by atoms with Gasteiger partial charge in [-0.3, -0.25) is 0 Å². The average Bonchev–Trinajstić information content (AvgIpc) is 3.82. The van der Waals surface area contributed by atoms with Gasteiger partial charge in [0, 0.05) is 23.3 Å². The molecule has 0 saturated carbocycles. The molecule has 0 saturated heterocycles. The Hall–Kier alpha value is -5.45. The first-order valence-electron chi connectivity index (χ1n) is 13.5. The van der Waals surface area contributed by atoms with Crippen LogP contribution in [-0.4, -0.2) is 12.2 Å². The standard InChI is InChI=1S/2C13H8F2NO2.2C5H5.Ti/c2*14-9-6-7-12(11(15)8-9)16-13(17)18-10-4-2-1-3-5-10;2*1-2-4-5-3-1;/h2*1-7H,(H,16,17);2*1-5H;/q4*-1;+4. The summed E-state index contributed by atoms with van der Waals surface area (Å²) < 4.78 is 61.3. The molecular formula is C36H26F4N2O4Ti. The van der Waals surface area contributed by atoms with E-state index < -0.39 is 35.5 Å². The zero-order valence-corrected chi connectivity index (χ0v) is 26.1. The van der Waals surface area contributed by atoms with Gasteiger partial charge in [-0.2, -0.15) is 36.4 Å². The van der Waals surface area contributed by atoms with Gasteiger partial charge in [0.25, 0.3) is 0 Å². The molecule has 236 valence electrons. The predicted octanol–water partition coefficient (Wildman–Crippen LogP) is 9.56. The number of carbonyl (C=O) groups excluding carboxylic acids is 2. The number of hydrogen-bond donors (Lipinski definition) is 2. The van der Waals surface area contributed by atoms with Crippen molar-refractivity contribution in [1.29, 1.82) is 0 Å². The molecule has 0 spiro atoms. The Labute approximate surface area is 284 Å². The second-order valence-corrected chi connectivity index (χ2v) is 8.65. The van der Waals surface area contributed by atoms with E-state index >= 15 is 0 Å². The first-order valence-corrected chi connectivity index (χ1v) is 13.5. The average molecular weight is 674 g/mol. The number of para-hydroxylation sites is 2. The summed E-state index contributed by atoms with van der Waals surface area (Å²) in [4.78, 5) is 22.8. The fourth-order valence-corrected chi connectivity index (χ4v) is 3.18. The van der Waals surface area contributed by atoms with Crippen molar-refractivity contribution in [1.82, 2.24) is 0 Å². The molecule has 0 aliphatic rings. The number of benzene rings is 4. The molecule has 0 unspecified atom stereocenters. The molecule has 6 rings (SSSR count). The maximum atomic E-state index is 13.2. The molecule has 6 nitrogen and oxygen atoms in total. The van der Waals surface area contributed by atoms with Crippen LogP contribution in [0, 0.1) is 35.4 Å². The molecule has 11 heteroatoms. The third kappa shape index (κ3) is 15.4. The van der Waals surface area contributed by atoms with Crippen LogP contribution in [0.2, 0.25) is 0 Å². The van der Waals surface area contributed by atoms with Crippen molar-refractivity contribution in [3.05, 3.63) is 181 Å². The number of ether oxygens (including phenoxy) is 2. The maximum Gasteiger partial charge on any atom is 4.00 e. The minimum absolute atomic E-state index is 0. The molecule has 0 bridgehead atoms. The number of anilines is 2. The molecule has 6 aromatic carbocycles. The van der Waals surface area contributed by atoms with Crippen LogP contribution in [0.5, 0.6) is 11.5 Å². The summed E-state index contributed by atoms with van der Waals surface area (Å²) in [5.74, 6) is -3.01. The largest absolute Gasteiger partial charge is 4.00 e. The van der Waals surface area contributed by atoms with E-state index in [1.165, 1.54) is 0 Å². The van der Waals surface area contributed by atoms with Crippen LogP contribution in [0.1, 0.15) is 0 Å². The van der Waals surface area contributed by atoms with E-state index in [0.29, 0.717) is 11.5 Å². The van der Waals surface area contributed by atoms with Crippen molar-refractivity contribution in [3.63, 3.8) is 0 Å². The minimum Gasteiger partial charge on any atom is -0.411 e. The van der Waals surface area contributed by atoms with Gasteiger partial charge in [-0.05, 0) is 35.6 Å². The van der Waals surface area contributed by atoms with Gasteiger partial charge in [0.05, 0.1) is 0 Å². The number of carbonyl (C=O) groups is 2. The summed E-state index contributed by atoms with van der Waals surface area (Å²) in [6.07, 6.45) is -1.72. The SMILES string of the molecule is O=C(Nc1ccc(F)[c-]c1F)Oc1ccccc1.O=C(Nc1ccc(F)[c-]c1F)Oc1ccccc1.[Ti+4].c1cc[cH-]c1.c1cc[cH-]c1. The van der Waals surface area contributed by atoms with Crippen LogP contribution in [0.15, 0.2) is 146 Å². The Balaban J connectivity index is 0.000000248. The predicted molar refractivity (Wildman–Crippen MR) is 167 cm³/mol. The third-order valence-electron chi connectivity index (χ3n) is 5.22. The van der Waals surface area contributed by atoms with E-state index in [1.54, 1.807) is 72.8 Å². The number of halogens is 4. The van der Waals surface area contributed by atoms with Gasteiger partial charge in [0.2, 0.25) is 0 Å². The summed E-state index contributed by atoms with van der Waals surface area (Å²) in [7, 11) is 0. The molecule has 47 heavy (non-hydrogen) atoms. The zero-order valence-electron chi connectivity index (χ0n) is 24.5. The van der Waals surface area contributed by atoms with Gasteiger partial charge in [0.1, 0.15) is 11.5 Å². The van der Waals surface area contributed by atoms with Crippen molar-refractivity contribution in [2.24, 2.45) is 0 Å². The van der Waals surface area contributed by atoms with E-state index in [-0.39, 0.29) is 33.1 Å². The van der Waals surface area contributed by atoms with Gasteiger partial charge in [-0.1, -0.05) is 36.4 Å². The van der Waals surface area contributed by atoms with E-state index in [9.17, 15) is 27.2 Å². The molecule has 0 aliphatic heterocycles. The number of rotatable bonds is 4. The second-order valence-electron chi connectivity index (χ2n) is 8.65. The van der Waals surface area contributed by atoms with Crippen molar-refractivity contribution >= 4 is 23.6 Å². The molecule has 0 aromatic heterocycles. The Bertz CT molecular complexity index is 1560. The molecule has 2 N–H and O–H groups in total. The van der Waals surface area contributed by atoms with Gasteiger partial charge in [-0.15, -0.1) is 36.4 Å². The maximum absolute atomic E-state index is 13.2. The second kappa shape index (κ2) is 21.3. The first kappa shape index (κ1) is 37.7. The molecule has 6 aromatic rings.